The lowest BCUT2D eigenvalue weighted by molar-refractivity contribution is 0.357. The molecule has 1 aromatic rings. The smallest absolute Gasteiger partial charge is 0.188 e. The summed E-state index contributed by atoms with van der Waals surface area (Å²) in [6.07, 6.45) is 0. The molecule has 0 spiro atoms. The van der Waals surface area contributed by atoms with Gasteiger partial charge in [0, 0.05) is 17.6 Å². The highest BCUT2D eigenvalue weighted by atomic mass is 15.1. The lowest BCUT2D eigenvalue weighted by atomic mass is 10.0. The van der Waals surface area contributed by atoms with Gasteiger partial charge in [-0.3, -0.25) is 4.99 Å². The molecule has 1 rings (SSSR count). The first-order chi connectivity index (χ1) is 9.30. The van der Waals surface area contributed by atoms with Crippen LogP contribution in [0.2, 0.25) is 0 Å². The molecule has 4 N–H and O–H groups in total. The van der Waals surface area contributed by atoms with Gasteiger partial charge in [-0.1, -0.05) is 30.3 Å². The molecule has 4 heteroatoms. The molecule has 0 saturated heterocycles. The van der Waals surface area contributed by atoms with Gasteiger partial charge in [0.2, 0.25) is 0 Å². The number of guanidine groups is 1. The topological polar surface area (TPSA) is 62.4 Å². The van der Waals surface area contributed by atoms with E-state index in [-0.39, 0.29) is 11.6 Å². The molecule has 0 bridgehead atoms. The Hall–Kier alpha value is -1.55. The van der Waals surface area contributed by atoms with Gasteiger partial charge in [0.1, 0.15) is 0 Å². The van der Waals surface area contributed by atoms with Crippen LogP contribution in [0, 0.1) is 0 Å². The molecular formula is C16H28N4. The predicted molar refractivity (Wildman–Crippen MR) is 86.8 cm³/mol. The van der Waals surface area contributed by atoms with E-state index in [1.165, 1.54) is 5.56 Å². The zero-order valence-electron chi connectivity index (χ0n) is 13.3. The van der Waals surface area contributed by atoms with Crippen LogP contribution in [0.1, 0.15) is 46.2 Å². The second-order valence-electron chi connectivity index (χ2n) is 6.16. The summed E-state index contributed by atoms with van der Waals surface area (Å²) in [5.41, 5.74) is 7.00. The molecule has 0 heterocycles. The summed E-state index contributed by atoms with van der Waals surface area (Å²) in [7, 11) is 0. The second kappa shape index (κ2) is 7.29. The predicted octanol–water partition coefficient (Wildman–Crippen LogP) is 2.43. The van der Waals surface area contributed by atoms with E-state index in [4.69, 9.17) is 5.73 Å². The molecule has 1 atom stereocenters. The standard InChI is InChI=1S/C16H28N4/c1-12(2)19-15(17)18-11-16(4,5)20-13(3)14-9-7-6-8-10-14/h6-10,12-13,20H,11H2,1-5H3,(H3,17,18,19). The van der Waals surface area contributed by atoms with Crippen LogP contribution in [0.4, 0.5) is 0 Å². The summed E-state index contributed by atoms with van der Waals surface area (Å²) >= 11 is 0. The Bertz CT molecular complexity index is 423. The highest BCUT2D eigenvalue weighted by Gasteiger charge is 2.20. The van der Waals surface area contributed by atoms with Gasteiger partial charge in [0.25, 0.3) is 0 Å². The van der Waals surface area contributed by atoms with Gasteiger partial charge in [-0.15, -0.1) is 0 Å². The zero-order valence-corrected chi connectivity index (χ0v) is 13.3. The molecule has 20 heavy (non-hydrogen) atoms. The summed E-state index contributed by atoms with van der Waals surface area (Å²) in [5, 5.41) is 6.69. The fourth-order valence-corrected chi connectivity index (χ4v) is 2.08. The van der Waals surface area contributed by atoms with E-state index in [0.29, 0.717) is 18.5 Å². The van der Waals surface area contributed by atoms with Gasteiger partial charge < -0.3 is 16.4 Å². The molecule has 0 aromatic heterocycles. The molecule has 0 aliphatic carbocycles. The minimum absolute atomic E-state index is 0.113. The SMILES string of the molecule is CC(C)NC(N)=NCC(C)(C)NC(C)c1ccccc1. The molecule has 0 aliphatic rings. The number of nitrogens with zero attached hydrogens (tertiary/aromatic N) is 1. The van der Waals surface area contributed by atoms with E-state index in [0.717, 1.165) is 0 Å². The van der Waals surface area contributed by atoms with Crippen molar-refractivity contribution in [3.63, 3.8) is 0 Å². The summed E-state index contributed by atoms with van der Waals surface area (Å²) in [6, 6.07) is 11.0. The third kappa shape index (κ3) is 6.06. The summed E-state index contributed by atoms with van der Waals surface area (Å²) in [4.78, 5) is 4.40. The molecule has 112 valence electrons. The summed E-state index contributed by atoms with van der Waals surface area (Å²) in [5.74, 6) is 0.502. The van der Waals surface area contributed by atoms with Crippen molar-refractivity contribution in [2.75, 3.05) is 6.54 Å². The molecule has 1 unspecified atom stereocenters. The van der Waals surface area contributed by atoms with Crippen LogP contribution in [-0.2, 0) is 0 Å². The first-order valence-electron chi connectivity index (χ1n) is 7.19. The van der Waals surface area contributed by atoms with Crippen molar-refractivity contribution in [3.05, 3.63) is 35.9 Å². The lowest BCUT2D eigenvalue weighted by Crippen LogP contribution is -2.45. The maximum atomic E-state index is 5.83. The van der Waals surface area contributed by atoms with Gasteiger partial charge in [0.15, 0.2) is 5.96 Å². The highest BCUT2D eigenvalue weighted by Crippen LogP contribution is 2.16. The van der Waals surface area contributed by atoms with Gasteiger partial charge >= 0.3 is 0 Å². The van der Waals surface area contributed by atoms with Gasteiger partial charge in [-0.2, -0.15) is 0 Å². The van der Waals surface area contributed by atoms with Crippen LogP contribution >= 0.6 is 0 Å². The molecule has 4 nitrogen and oxygen atoms in total. The number of hydrogen-bond acceptors (Lipinski definition) is 2. The fourth-order valence-electron chi connectivity index (χ4n) is 2.08. The van der Waals surface area contributed by atoms with E-state index < -0.39 is 0 Å². The first-order valence-corrected chi connectivity index (χ1v) is 7.19. The largest absolute Gasteiger partial charge is 0.370 e. The molecule has 0 amide bonds. The van der Waals surface area contributed by atoms with Crippen LogP contribution in [-0.4, -0.2) is 24.1 Å². The van der Waals surface area contributed by atoms with Crippen molar-refractivity contribution in [3.8, 4) is 0 Å². The summed E-state index contributed by atoms with van der Waals surface area (Å²) < 4.78 is 0. The Morgan fingerprint density at radius 3 is 2.35 bits per heavy atom. The average Bonchev–Trinajstić information content (AvgIpc) is 2.36. The number of nitrogens with one attached hydrogen (secondary N) is 2. The van der Waals surface area contributed by atoms with Crippen molar-refractivity contribution in [2.45, 2.75) is 52.2 Å². The maximum Gasteiger partial charge on any atom is 0.188 e. The van der Waals surface area contributed by atoms with Crippen LogP contribution in [0.25, 0.3) is 0 Å². The first kappa shape index (κ1) is 16.5. The van der Waals surface area contributed by atoms with E-state index in [9.17, 15) is 0 Å². The molecule has 0 fully saturated rings. The Morgan fingerprint density at radius 2 is 1.80 bits per heavy atom. The molecule has 0 radical (unpaired) electrons. The Kier molecular flexibility index (Phi) is 6.02. The second-order valence-corrected chi connectivity index (χ2v) is 6.16. The third-order valence-corrected chi connectivity index (χ3v) is 2.99. The summed E-state index contributed by atoms with van der Waals surface area (Å²) in [6.45, 7) is 11.2. The average molecular weight is 276 g/mol. The highest BCUT2D eigenvalue weighted by molar-refractivity contribution is 5.78. The van der Waals surface area contributed by atoms with E-state index in [1.807, 2.05) is 19.9 Å². The number of rotatable bonds is 6. The minimum atomic E-state index is -0.113. The van der Waals surface area contributed by atoms with Crippen LogP contribution in [0.3, 0.4) is 0 Å². The van der Waals surface area contributed by atoms with Crippen molar-refractivity contribution in [1.29, 1.82) is 0 Å². The van der Waals surface area contributed by atoms with Gasteiger partial charge in [-0.05, 0) is 40.2 Å². The number of aliphatic imine (C=N–C) groups is 1. The van der Waals surface area contributed by atoms with Crippen molar-refractivity contribution in [2.24, 2.45) is 10.7 Å². The van der Waals surface area contributed by atoms with E-state index in [2.05, 4.69) is 60.7 Å². The van der Waals surface area contributed by atoms with Gasteiger partial charge in [-0.25, -0.2) is 0 Å². The quantitative estimate of drug-likeness (QED) is 0.552. The van der Waals surface area contributed by atoms with Crippen LogP contribution in [0.5, 0.6) is 0 Å². The fraction of sp³-hybridized carbons (Fsp3) is 0.562. The van der Waals surface area contributed by atoms with E-state index in [1.54, 1.807) is 0 Å². The van der Waals surface area contributed by atoms with Gasteiger partial charge in [0.05, 0.1) is 6.54 Å². The van der Waals surface area contributed by atoms with Crippen LogP contribution in [0.15, 0.2) is 35.3 Å². The van der Waals surface area contributed by atoms with Crippen molar-refractivity contribution >= 4 is 5.96 Å². The molecule has 0 aliphatic heterocycles. The molecular weight excluding hydrogens is 248 g/mol. The van der Waals surface area contributed by atoms with Crippen molar-refractivity contribution < 1.29 is 0 Å². The zero-order chi connectivity index (χ0) is 15.2. The Morgan fingerprint density at radius 1 is 1.20 bits per heavy atom. The molecule has 1 aromatic carbocycles. The Balaban J connectivity index is 2.57. The molecule has 0 saturated carbocycles. The van der Waals surface area contributed by atoms with Crippen molar-refractivity contribution in [1.82, 2.24) is 10.6 Å². The van der Waals surface area contributed by atoms with E-state index >= 15 is 0 Å². The number of hydrogen-bond donors (Lipinski definition) is 3. The van der Waals surface area contributed by atoms with Crippen LogP contribution < -0.4 is 16.4 Å². The monoisotopic (exact) mass is 276 g/mol. The lowest BCUT2D eigenvalue weighted by Gasteiger charge is -2.29. The maximum absolute atomic E-state index is 5.83. The normalized spacial score (nSPS) is 14.4. The number of benzene rings is 1. The third-order valence-electron chi connectivity index (χ3n) is 2.99. The number of nitrogens with two attached hydrogens (primary N) is 1. The Labute approximate surface area is 122 Å². The minimum Gasteiger partial charge on any atom is -0.370 e.